The molecule has 2 atom stereocenters. The lowest BCUT2D eigenvalue weighted by molar-refractivity contribution is 0.621. The molecule has 2 unspecified atom stereocenters. The second-order valence-corrected chi connectivity index (χ2v) is 5.79. The molecule has 3 N–H and O–H groups in total. The number of nitrogens with one attached hydrogen (secondary N) is 1. The number of hydrogen-bond donors (Lipinski definition) is 2. The van der Waals surface area contributed by atoms with E-state index in [0.717, 1.165) is 21.4 Å². The molecule has 0 radical (unpaired) electrons. The molecule has 0 bridgehead atoms. The number of halogens is 1. The molecule has 2 heterocycles. The summed E-state index contributed by atoms with van der Waals surface area (Å²) >= 11 is 3.50. The summed E-state index contributed by atoms with van der Waals surface area (Å²) in [5.74, 6) is 0.765. The van der Waals surface area contributed by atoms with Crippen molar-refractivity contribution in [2.24, 2.45) is 5.73 Å². The molecule has 0 amide bonds. The van der Waals surface area contributed by atoms with Crippen molar-refractivity contribution in [3.8, 4) is 0 Å². The van der Waals surface area contributed by atoms with E-state index >= 15 is 0 Å². The minimum absolute atomic E-state index is 0.0351. The Labute approximate surface area is 131 Å². The van der Waals surface area contributed by atoms with Gasteiger partial charge >= 0.3 is 0 Å². The highest BCUT2D eigenvalue weighted by Crippen LogP contribution is 2.25. The lowest BCUT2D eigenvalue weighted by atomic mass is 10.0. The average Bonchev–Trinajstić information content (AvgIpc) is 2.90. The standard InChI is InChI=1S/C15H16BrN5/c1-10(13(17)11-5-3-2-4-6-11)20-15-14-12(16)9-19-21(14)8-7-18-15/h2-10,13H,17H2,1H3,(H,18,20). The Morgan fingerprint density at radius 1 is 1.29 bits per heavy atom. The van der Waals surface area contributed by atoms with Crippen molar-refractivity contribution in [2.45, 2.75) is 19.0 Å². The van der Waals surface area contributed by atoms with Crippen molar-refractivity contribution in [3.05, 3.63) is 59.0 Å². The van der Waals surface area contributed by atoms with Gasteiger partial charge in [0.05, 0.1) is 10.7 Å². The number of anilines is 1. The van der Waals surface area contributed by atoms with Crippen LogP contribution in [0.2, 0.25) is 0 Å². The minimum Gasteiger partial charge on any atom is -0.364 e. The largest absolute Gasteiger partial charge is 0.364 e. The fourth-order valence-corrected chi connectivity index (χ4v) is 2.74. The number of hydrogen-bond acceptors (Lipinski definition) is 4. The van der Waals surface area contributed by atoms with Gasteiger partial charge in [0.1, 0.15) is 5.52 Å². The maximum atomic E-state index is 6.32. The molecule has 2 aromatic heterocycles. The van der Waals surface area contributed by atoms with Crippen LogP contribution in [-0.4, -0.2) is 20.6 Å². The Hall–Kier alpha value is -1.92. The van der Waals surface area contributed by atoms with Gasteiger partial charge in [-0.25, -0.2) is 9.50 Å². The molecule has 0 aliphatic rings. The van der Waals surface area contributed by atoms with Crippen molar-refractivity contribution < 1.29 is 0 Å². The fourth-order valence-electron chi connectivity index (χ4n) is 2.28. The van der Waals surface area contributed by atoms with E-state index in [4.69, 9.17) is 5.73 Å². The molecular formula is C15H16BrN5. The zero-order valence-electron chi connectivity index (χ0n) is 11.6. The third-order valence-electron chi connectivity index (χ3n) is 3.47. The van der Waals surface area contributed by atoms with Gasteiger partial charge in [0.25, 0.3) is 0 Å². The summed E-state index contributed by atoms with van der Waals surface area (Å²) in [4.78, 5) is 4.40. The van der Waals surface area contributed by atoms with Crippen LogP contribution in [-0.2, 0) is 0 Å². The molecule has 0 saturated carbocycles. The summed E-state index contributed by atoms with van der Waals surface area (Å²) < 4.78 is 2.68. The summed E-state index contributed by atoms with van der Waals surface area (Å²) in [6, 6.07) is 9.96. The van der Waals surface area contributed by atoms with Gasteiger partial charge in [-0.15, -0.1) is 0 Å². The summed E-state index contributed by atoms with van der Waals surface area (Å²) in [6.07, 6.45) is 5.28. The number of benzene rings is 1. The van der Waals surface area contributed by atoms with Crippen LogP contribution in [0.3, 0.4) is 0 Å². The highest BCUT2D eigenvalue weighted by atomic mass is 79.9. The first-order valence-corrected chi connectivity index (χ1v) is 7.51. The van der Waals surface area contributed by atoms with E-state index in [-0.39, 0.29) is 12.1 Å². The summed E-state index contributed by atoms with van der Waals surface area (Å²) in [6.45, 7) is 2.05. The van der Waals surface area contributed by atoms with Gasteiger partial charge in [-0.05, 0) is 28.4 Å². The van der Waals surface area contributed by atoms with E-state index < -0.39 is 0 Å². The first-order valence-electron chi connectivity index (χ1n) is 6.71. The molecule has 0 aliphatic carbocycles. The number of nitrogens with two attached hydrogens (primary N) is 1. The second-order valence-electron chi connectivity index (χ2n) is 4.93. The van der Waals surface area contributed by atoms with Crippen LogP contribution in [0.4, 0.5) is 5.82 Å². The second kappa shape index (κ2) is 5.83. The zero-order chi connectivity index (χ0) is 14.8. The first kappa shape index (κ1) is 14.0. The number of aromatic nitrogens is 3. The van der Waals surface area contributed by atoms with Gasteiger partial charge in [-0.2, -0.15) is 5.10 Å². The molecule has 5 nitrogen and oxygen atoms in total. The third kappa shape index (κ3) is 2.77. The Bertz CT molecular complexity index is 740. The molecule has 3 rings (SSSR count). The van der Waals surface area contributed by atoms with Crippen LogP contribution in [0, 0.1) is 0 Å². The summed E-state index contributed by atoms with van der Waals surface area (Å²) in [7, 11) is 0. The van der Waals surface area contributed by atoms with Crippen molar-refractivity contribution in [2.75, 3.05) is 5.32 Å². The molecule has 0 fully saturated rings. The van der Waals surface area contributed by atoms with E-state index in [1.807, 2.05) is 43.5 Å². The monoisotopic (exact) mass is 345 g/mol. The molecule has 108 valence electrons. The Morgan fingerprint density at radius 3 is 2.81 bits per heavy atom. The van der Waals surface area contributed by atoms with Gasteiger partial charge in [-0.3, -0.25) is 0 Å². The Balaban J connectivity index is 1.86. The summed E-state index contributed by atoms with van der Waals surface area (Å²) in [5.41, 5.74) is 8.32. The zero-order valence-corrected chi connectivity index (χ0v) is 13.2. The van der Waals surface area contributed by atoms with Crippen molar-refractivity contribution >= 4 is 27.3 Å². The maximum absolute atomic E-state index is 6.32. The van der Waals surface area contributed by atoms with E-state index in [9.17, 15) is 0 Å². The quantitative estimate of drug-likeness (QED) is 0.762. The molecular weight excluding hydrogens is 330 g/mol. The highest BCUT2D eigenvalue weighted by Gasteiger charge is 2.17. The smallest absolute Gasteiger partial charge is 0.153 e. The topological polar surface area (TPSA) is 68.2 Å². The normalized spacial score (nSPS) is 14.0. The van der Waals surface area contributed by atoms with E-state index in [0.29, 0.717) is 0 Å². The van der Waals surface area contributed by atoms with Crippen LogP contribution >= 0.6 is 15.9 Å². The van der Waals surface area contributed by atoms with Gasteiger partial charge in [0.2, 0.25) is 0 Å². The lowest BCUT2D eigenvalue weighted by Crippen LogP contribution is -2.31. The van der Waals surface area contributed by atoms with Crippen LogP contribution in [0.25, 0.3) is 5.52 Å². The minimum atomic E-state index is -0.116. The maximum Gasteiger partial charge on any atom is 0.153 e. The first-order chi connectivity index (χ1) is 10.2. The van der Waals surface area contributed by atoms with Gasteiger partial charge < -0.3 is 11.1 Å². The van der Waals surface area contributed by atoms with Crippen LogP contribution in [0.1, 0.15) is 18.5 Å². The van der Waals surface area contributed by atoms with Crippen molar-refractivity contribution in [3.63, 3.8) is 0 Å². The SMILES string of the molecule is CC(Nc1nccn2ncc(Br)c12)C(N)c1ccccc1. The Morgan fingerprint density at radius 2 is 2.05 bits per heavy atom. The molecule has 0 saturated heterocycles. The van der Waals surface area contributed by atoms with Crippen LogP contribution < -0.4 is 11.1 Å². The number of nitrogens with zero attached hydrogens (tertiary/aromatic N) is 3. The van der Waals surface area contributed by atoms with Crippen LogP contribution in [0.15, 0.2) is 53.4 Å². The fraction of sp³-hybridized carbons (Fsp3) is 0.200. The van der Waals surface area contributed by atoms with E-state index in [1.54, 1.807) is 16.9 Å². The van der Waals surface area contributed by atoms with Crippen LogP contribution in [0.5, 0.6) is 0 Å². The van der Waals surface area contributed by atoms with Gasteiger partial charge in [0, 0.05) is 24.5 Å². The molecule has 1 aromatic carbocycles. The molecule has 0 spiro atoms. The predicted octanol–water partition coefficient (Wildman–Crippen LogP) is 2.99. The van der Waals surface area contributed by atoms with E-state index in [2.05, 4.69) is 31.3 Å². The van der Waals surface area contributed by atoms with Gasteiger partial charge in [0.15, 0.2) is 5.82 Å². The molecule has 0 aliphatic heterocycles. The van der Waals surface area contributed by atoms with E-state index in [1.165, 1.54) is 0 Å². The predicted molar refractivity (Wildman–Crippen MR) is 87.1 cm³/mol. The Kier molecular flexibility index (Phi) is 3.90. The molecule has 6 heteroatoms. The molecule has 21 heavy (non-hydrogen) atoms. The highest BCUT2D eigenvalue weighted by molar-refractivity contribution is 9.10. The lowest BCUT2D eigenvalue weighted by Gasteiger charge is -2.22. The molecule has 3 aromatic rings. The summed E-state index contributed by atoms with van der Waals surface area (Å²) in [5, 5.41) is 7.63. The van der Waals surface area contributed by atoms with Gasteiger partial charge in [-0.1, -0.05) is 30.3 Å². The number of fused-ring (bicyclic) bond motifs is 1. The van der Waals surface area contributed by atoms with Crippen molar-refractivity contribution in [1.82, 2.24) is 14.6 Å². The third-order valence-corrected chi connectivity index (χ3v) is 4.05. The van der Waals surface area contributed by atoms with Crippen molar-refractivity contribution in [1.29, 1.82) is 0 Å². The average molecular weight is 346 g/mol. The number of rotatable bonds is 4.